The van der Waals surface area contributed by atoms with E-state index >= 15 is 0 Å². The number of nitrogens with one attached hydrogen (secondary N) is 4. The number of sulfonamides is 1. The Morgan fingerprint density at radius 2 is 1.23 bits per heavy atom. The average molecular weight is 659 g/mol. The summed E-state index contributed by atoms with van der Waals surface area (Å²) in [5.41, 5.74) is 1.62. The Balaban J connectivity index is 1.46. The number of rotatable bonds is 12. The second-order valence-corrected chi connectivity index (χ2v) is 13.2. The van der Waals surface area contributed by atoms with Gasteiger partial charge in [-0.3, -0.25) is 4.79 Å². The van der Waals surface area contributed by atoms with Crippen molar-refractivity contribution in [3.63, 3.8) is 0 Å². The molecule has 0 aromatic heterocycles. The average Bonchev–Trinajstić information content (AvgIpc) is 3.05. The molecule has 0 spiro atoms. The van der Waals surface area contributed by atoms with Crippen LogP contribution in [0.5, 0.6) is 0 Å². The lowest BCUT2D eigenvalue weighted by Gasteiger charge is -2.30. The van der Waals surface area contributed by atoms with Crippen LogP contribution in [-0.2, 0) is 30.9 Å². The predicted molar refractivity (Wildman–Crippen MR) is 178 cm³/mol. The summed E-state index contributed by atoms with van der Waals surface area (Å²) in [6, 6.07) is 30.8. The highest BCUT2D eigenvalue weighted by molar-refractivity contribution is 7.89. The second-order valence-electron chi connectivity index (χ2n) is 11.5. The lowest BCUT2D eigenvalue weighted by molar-refractivity contribution is -0.115. The number of alkyl carbamates (subject to hydrolysis) is 2. The highest BCUT2D eigenvalue weighted by Crippen LogP contribution is 2.31. The van der Waals surface area contributed by atoms with Crippen LogP contribution < -0.4 is 20.7 Å². The van der Waals surface area contributed by atoms with E-state index in [1.165, 1.54) is 24.3 Å². The summed E-state index contributed by atoms with van der Waals surface area (Å²) in [5.74, 6) is -0.529. The van der Waals surface area contributed by atoms with E-state index in [1.54, 1.807) is 69.3 Å². The van der Waals surface area contributed by atoms with Gasteiger partial charge in [-0.05, 0) is 61.7 Å². The number of hydrogen-bond acceptors (Lipinski definition) is 7. The van der Waals surface area contributed by atoms with E-state index in [9.17, 15) is 22.8 Å². The van der Waals surface area contributed by atoms with Crippen molar-refractivity contribution >= 4 is 33.8 Å². The number of carbonyl (C=O) groups is 3. The van der Waals surface area contributed by atoms with Gasteiger partial charge in [0.05, 0.1) is 17.0 Å². The van der Waals surface area contributed by atoms with Crippen molar-refractivity contribution in [2.75, 3.05) is 11.9 Å². The maximum atomic E-state index is 13.7. The second kappa shape index (κ2) is 15.9. The normalized spacial score (nSPS) is 12.7. The molecule has 11 nitrogen and oxygen atoms in total. The molecule has 4 aromatic rings. The molecule has 12 heteroatoms. The third-order valence-electron chi connectivity index (χ3n) is 6.66. The fourth-order valence-electron chi connectivity index (χ4n) is 4.53. The van der Waals surface area contributed by atoms with Crippen molar-refractivity contribution in [1.82, 2.24) is 15.4 Å². The number of anilines is 1. The quantitative estimate of drug-likeness (QED) is 0.149. The molecule has 0 aliphatic heterocycles. The fraction of sp³-hybridized carbons (Fsp3) is 0.229. The molecule has 0 fully saturated rings. The Bertz CT molecular complexity index is 1730. The number of amides is 3. The molecule has 0 radical (unpaired) electrons. The first-order valence-electron chi connectivity index (χ1n) is 14.9. The van der Waals surface area contributed by atoms with Gasteiger partial charge in [-0.1, -0.05) is 91.0 Å². The molecule has 0 bridgehead atoms. The van der Waals surface area contributed by atoms with Gasteiger partial charge in [-0.15, -0.1) is 0 Å². The Morgan fingerprint density at radius 1 is 0.702 bits per heavy atom. The van der Waals surface area contributed by atoms with Crippen LogP contribution in [0.4, 0.5) is 15.3 Å². The number of hydrogen-bond donors (Lipinski definition) is 4. The summed E-state index contributed by atoms with van der Waals surface area (Å²) in [6.45, 7) is 4.94. The Labute approximate surface area is 274 Å². The van der Waals surface area contributed by atoms with E-state index in [2.05, 4.69) is 20.7 Å². The third kappa shape index (κ3) is 11.0. The van der Waals surface area contributed by atoms with Crippen molar-refractivity contribution in [1.29, 1.82) is 0 Å². The summed E-state index contributed by atoms with van der Waals surface area (Å²) in [6.07, 6.45) is -1.45. The van der Waals surface area contributed by atoms with Crippen LogP contribution in [0.1, 0.15) is 49.5 Å². The minimum Gasteiger partial charge on any atom is -0.445 e. The van der Waals surface area contributed by atoms with Crippen molar-refractivity contribution in [2.24, 2.45) is 0 Å². The lowest BCUT2D eigenvalue weighted by Crippen LogP contribution is -2.42. The zero-order valence-electron chi connectivity index (χ0n) is 26.3. The Kier molecular flexibility index (Phi) is 11.7. The molecule has 0 unspecified atom stereocenters. The first kappa shape index (κ1) is 34.7. The van der Waals surface area contributed by atoms with Crippen LogP contribution in [0.25, 0.3) is 0 Å². The van der Waals surface area contributed by atoms with Crippen LogP contribution in [0, 0.1) is 0 Å². The van der Waals surface area contributed by atoms with Crippen LogP contribution in [0.15, 0.2) is 120 Å². The van der Waals surface area contributed by atoms with Gasteiger partial charge in [0.25, 0.3) is 0 Å². The van der Waals surface area contributed by atoms with Gasteiger partial charge in [0.2, 0.25) is 15.9 Å². The van der Waals surface area contributed by atoms with Crippen LogP contribution >= 0.6 is 0 Å². The molecule has 47 heavy (non-hydrogen) atoms. The Morgan fingerprint density at radius 3 is 1.79 bits per heavy atom. The van der Waals surface area contributed by atoms with E-state index in [0.29, 0.717) is 16.8 Å². The molecule has 0 heterocycles. The minimum atomic E-state index is -4.16. The van der Waals surface area contributed by atoms with Gasteiger partial charge < -0.3 is 25.4 Å². The van der Waals surface area contributed by atoms with Gasteiger partial charge in [0.1, 0.15) is 18.8 Å². The van der Waals surface area contributed by atoms with Gasteiger partial charge in [-0.25, -0.2) is 22.7 Å². The summed E-state index contributed by atoms with van der Waals surface area (Å²) in [4.78, 5) is 37.2. The van der Waals surface area contributed by atoms with E-state index < -0.39 is 45.8 Å². The third-order valence-corrected chi connectivity index (χ3v) is 8.12. The molecule has 0 aliphatic carbocycles. The summed E-state index contributed by atoms with van der Waals surface area (Å²) < 4.78 is 40.8. The first-order valence-corrected chi connectivity index (χ1v) is 16.3. The summed E-state index contributed by atoms with van der Waals surface area (Å²) in [7, 11) is -4.16. The topological polar surface area (TPSA) is 152 Å². The van der Waals surface area contributed by atoms with Crippen molar-refractivity contribution in [3.05, 3.63) is 132 Å². The smallest absolute Gasteiger partial charge is 0.408 e. The monoisotopic (exact) mass is 658 g/mol. The molecule has 0 saturated heterocycles. The lowest BCUT2D eigenvalue weighted by atomic mass is 9.94. The number of carbonyl (C=O) groups excluding carboxylic acids is 3. The first-order chi connectivity index (χ1) is 22.4. The maximum Gasteiger partial charge on any atom is 0.408 e. The van der Waals surface area contributed by atoms with Crippen molar-refractivity contribution in [3.8, 4) is 0 Å². The molecule has 246 valence electrons. The van der Waals surface area contributed by atoms with E-state index in [-0.39, 0.29) is 18.0 Å². The largest absolute Gasteiger partial charge is 0.445 e. The molecule has 4 aromatic carbocycles. The van der Waals surface area contributed by atoms with Crippen molar-refractivity contribution < 1.29 is 32.3 Å². The highest BCUT2D eigenvalue weighted by atomic mass is 32.2. The molecule has 4 rings (SSSR count). The minimum absolute atomic E-state index is 0.0621. The summed E-state index contributed by atoms with van der Waals surface area (Å²) in [5, 5.41) is 7.84. The van der Waals surface area contributed by atoms with Crippen LogP contribution in [-0.4, -0.2) is 38.7 Å². The zero-order chi connectivity index (χ0) is 33.9. The molecule has 0 aliphatic rings. The van der Waals surface area contributed by atoms with Crippen molar-refractivity contribution in [2.45, 2.75) is 50.0 Å². The molecule has 4 N–H and O–H groups in total. The Hall–Kier alpha value is -5.20. The standard InChI is InChI=1S/C35H38N4O7S/c1-35(2,3)46-34(42)38-31(26-15-9-5-10-16-26)32(27-17-11-6-12-18-27)39-47(43,44)29-21-19-28(20-22-29)37-30(40)23-36-33(41)45-24-25-13-7-4-8-14-25/h4-22,31-32,39H,23-24H2,1-3H3,(H,36,41)(H,37,40)(H,38,42)/t31-,32-/m1/s1. The van der Waals surface area contributed by atoms with Gasteiger partial charge >= 0.3 is 12.2 Å². The number of ether oxygens (including phenoxy) is 2. The zero-order valence-corrected chi connectivity index (χ0v) is 27.1. The maximum absolute atomic E-state index is 13.7. The molecule has 0 saturated carbocycles. The molecule has 2 atom stereocenters. The number of benzene rings is 4. The molecule has 3 amide bonds. The van der Waals surface area contributed by atoms with E-state index in [4.69, 9.17) is 9.47 Å². The van der Waals surface area contributed by atoms with E-state index in [0.717, 1.165) is 5.56 Å². The van der Waals surface area contributed by atoms with Gasteiger partial charge in [0.15, 0.2) is 0 Å². The SMILES string of the molecule is CC(C)(C)OC(=O)N[C@H](c1ccccc1)[C@H](NS(=O)(=O)c1ccc(NC(=O)CNC(=O)OCc2ccccc2)cc1)c1ccccc1. The molecular formula is C35H38N4O7S. The predicted octanol–water partition coefficient (Wildman–Crippen LogP) is 5.84. The van der Waals surface area contributed by atoms with Crippen LogP contribution in [0.2, 0.25) is 0 Å². The molecular weight excluding hydrogens is 620 g/mol. The van der Waals surface area contributed by atoms with E-state index in [1.807, 2.05) is 42.5 Å². The van der Waals surface area contributed by atoms with Gasteiger partial charge in [0, 0.05) is 5.69 Å². The fourth-order valence-corrected chi connectivity index (χ4v) is 5.76. The van der Waals surface area contributed by atoms with Gasteiger partial charge in [-0.2, -0.15) is 0 Å². The highest BCUT2D eigenvalue weighted by Gasteiger charge is 2.32. The summed E-state index contributed by atoms with van der Waals surface area (Å²) >= 11 is 0. The van der Waals surface area contributed by atoms with Crippen LogP contribution in [0.3, 0.4) is 0 Å².